The Morgan fingerprint density at radius 3 is 2.57 bits per heavy atom. The van der Waals surface area contributed by atoms with E-state index in [2.05, 4.69) is 16.6 Å². The van der Waals surface area contributed by atoms with E-state index in [-0.39, 0.29) is 23.1 Å². The van der Waals surface area contributed by atoms with Gasteiger partial charge in [0, 0.05) is 5.38 Å². The third-order valence-electron chi connectivity index (χ3n) is 2.84. The van der Waals surface area contributed by atoms with Crippen LogP contribution in [0.15, 0.2) is 29.6 Å². The molecule has 0 atom stereocenters. The zero-order valence-electron chi connectivity index (χ0n) is 11.8. The van der Waals surface area contributed by atoms with Crippen molar-refractivity contribution in [2.75, 3.05) is 13.7 Å². The quantitative estimate of drug-likeness (QED) is 0.606. The number of rotatable bonds is 6. The molecule has 5 nitrogen and oxygen atoms in total. The summed E-state index contributed by atoms with van der Waals surface area (Å²) >= 11 is 1.10. The molecule has 0 unspecified atom stereocenters. The van der Waals surface area contributed by atoms with Gasteiger partial charge in [-0.3, -0.25) is 4.79 Å². The van der Waals surface area contributed by atoms with Gasteiger partial charge in [0.25, 0.3) is 0 Å². The topological polar surface area (TPSA) is 65.5 Å². The van der Waals surface area contributed by atoms with Crippen molar-refractivity contribution in [2.45, 2.75) is 13.3 Å². The fourth-order valence-electron chi connectivity index (χ4n) is 1.63. The lowest BCUT2D eigenvalue weighted by Gasteiger charge is -2.04. The number of aromatic nitrogens is 1. The predicted molar refractivity (Wildman–Crippen MR) is 79.1 cm³/mol. The highest BCUT2D eigenvalue weighted by Crippen LogP contribution is 2.15. The van der Waals surface area contributed by atoms with E-state index in [9.17, 15) is 9.59 Å². The smallest absolute Gasteiger partial charge is 0.357 e. The second-order valence-corrected chi connectivity index (χ2v) is 5.10. The van der Waals surface area contributed by atoms with Gasteiger partial charge in [-0.15, -0.1) is 11.3 Å². The number of hydrogen-bond donors (Lipinski definition) is 0. The fourth-order valence-corrected chi connectivity index (χ4v) is 2.35. The van der Waals surface area contributed by atoms with Crippen LogP contribution in [0.1, 0.15) is 32.8 Å². The SMILES string of the molecule is CCc1ccc(OCC(=O)c2nc(C(=O)OC)cs2)cc1. The molecule has 6 heteroatoms. The fraction of sp³-hybridized carbons (Fsp3) is 0.267. The molecule has 110 valence electrons. The number of esters is 1. The van der Waals surface area contributed by atoms with E-state index in [1.54, 1.807) is 0 Å². The molecule has 2 aromatic rings. The van der Waals surface area contributed by atoms with Gasteiger partial charge in [0.15, 0.2) is 17.3 Å². The van der Waals surface area contributed by atoms with Crippen LogP contribution in [0.3, 0.4) is 0 Å². The molecule has 1 aromatic carbocycles. The average Bonchev–Trinajstić information content (AvgIpc) is 3.02. The first kappa shape index (κ1) is 15.2. The maximum atomic E-state index is 11.9. The van der Waals surface area contributed by atoms with Crippen molar-refractivity contribution >= 4 is 23.1 Å². The van der Waals surface area contributed by atoms with Crippen molar-refractivity contribution in [3.63, 3.8) is 0 Å². The lowest BCUT2D eigenvalue weighted by molar-refractivity contribution is 0.0595. The minimum absolute atomic E-state index is 0.112. The molecule has 0 fully saturated rings. The lowest BCUT2D eigenvalue weighted by Crippen LogP contribution is -2.12. The molecule has 0 radical (unpaired) electrons. The second-order valence-electron chi connectivity index (χ2n) is 4.24. The third-order valence-corrected chi connectivity index (χ3v) is 3.72. The molecule has 21 heavy (non-hydrogen) atoms. The highest BCUT2D eigenvalue weighted by Gasteiger charge is 2.16. The number of nitrogens with zero attached hydrogens (tertiary/aromatic N) is 1. The minimum Gasteiger partial charge on any atom is -0.485 e. The number of benzene rings is 1. The molecule has 0 aliphatic rings. The van der Waals surface area contributed by atoms with Crippen molar-refractivity contribution in [3.8, 4) is 5.75 Å². The number of aryl methyl sites for hydroxylation is 1. The van der Waals surface area contributed by atoms with Crippen LogP contribution in [0.4, 0.5) is 0 Å². The maximum absolute atomic E-state index is 11.9. The Labute approximate surface area is 126 Å². The number of ether oxygens (including phenoxy) is 2. The van der Waals surface area contributed by atoms with E-state index in [0.29, 0.717) is 5.75 Å². The molecular formula is C15H15NO4S. The Morgan fingerprint density at radius 2 is 1.95 bits per heavy atom. The summed E-state index contributed by atoms with van der Waals surface area (Å²) in [6.45, 7) is 1.96. The van der Waals surface area contributed by atoms with Gasteiger partial charge in [-0.25, -0.2) is 9.78 Å². The van der Waals surface area contributed by atoms with Crippen LogP contribution in [0, 0.1) is 0 Å². The zero-order chi connectivity index (χ0) is 15.2. The van der Waals surface area contributed by atoms with Crippen molar-refractivity contribution in [3.05, 3.63) is 45.9 Å². The van der Waals surface area contributed by atoms with E-state index < -0.39 is 5.97 Å². The van der Waals surface area contributed by atoms with Crippen LogP contribution in [0.25, 0.3) is 0 Å². The predicted octanol–water partition coefficient (Wildman–Crippen LogP) is 2.75. The summed E-state index contributed by atoms with van der Waals surface area (Å²) in [4.78, 5) is 27.1. The number of carbonyl (C=O) groups is 2. The molecule has 0 spiro atoms. The molecule has 2 rings (SSSR count). The molecule has 0 aliphatic carbocycles. The van der Waals surface area contributed by atoms with Gasteiger partial charge in [0.2, 0.25) is 5.78 Å². The van der Waals surface area contributed by atoms with Gasteiger partial charge in [-0.2, -0.15) is 0 Å². The highest BCUT2D eigenvalue weighted by molar-refractivity contribution is 7.12. The first-order valence-electron chi connectivity index (χ1n) is 6.42. The summed E-state index contributed by atoms with van der Waals surface area (Å²) < 4.78 is 9.96. The van der Waals surface area contributed by atoms with Crippen LogP contribution in [-0.4, -0.2) is 30.5 Å². The number of methoxy groups -OCH3 is 1. The zero-order valence-corrected chi connectivity index (χ0v) is 12.6. The lowest BCUT2D eigenvalue weighted by atomic mass is 10.2. The Morgan fingerprint density at radius 1 is 1.24 bits per heavy atom. The van der Waals surface area contributed by atoms with Crippen LogP contribution in [0.5, 0.6) is 5.75 Å². The number of hydrogen-bond acceptors (Lipinski definition) is 6. The number of thiazole rings is 1. The average molecular weight is 305 g/mol. The molecule has 0 aliphatic heterocycles. The van der Waals surface area contributed by atoms with Gasteiger partial charge >= 0.3 is 5.97 Å². The maximum Gasteiger partial charge on any atom is 0.357 e. The summed E-state index contributed by atoms with van der Waals surface area (Å²) in [5, 5.41) is 1.73. The first-order chi connectivity index (χ1) is 10.1. The highest BCUT2D eigenvalue weighted by atomic mass is 32.1. The van der Waals surface area contributed by atoms with E-state index in [1.807, 2.05) is 24.3 Å². The largest absolute Gasteiger partial charge is 0.485 e. The van der Waals surface area contributed by atoms with Crippen molar-refractivity contribution in [1.29, 1.82) is 0 Å². The van der Waals surface area contributed by atoms with Crippen LogP contribution < -0.4 is 4.74 Å². The van der Waals surface area contributed by atoms with Crippen LogP contribution >= 0.6 is 11.3 Å². The van der Waals surface area contributed by atoms with Crippen LogP contribution in [0.2, 0.25) is 0 Å². The second kappa shape index (κ2) is 6.99. The van der Waals surface area contributed by atoms with E-state index in [4.69, 9.17) is 4.74 Å². The molecule has 0 amide bonds. The van der Waals surface area contributed by atoms with Crippen molar-refractivity contribution in [1.82, 2.24) is 4.98 Å². The summed E-state index contributed by atoms with van der Waals surface area (Å²) in [5.74, 6) is -0.193. The Kier molecular flexibility index (Phi) is 5.05. The molecule has 0 saturated heterocycles. The monoisotopic (exact) mass is 305 g/mol. The van der Waals surface area contributed by atoms with Gasteiger partial charge in [-0.1, -0.05) is 19.1 Å². The standard InChI is InChI=1S/C15H15NO4S/c1-3-10-4-6-11(7-5-10)20-8-13(17)14-16-12(9-21-14)15(18)19-2/h4-7,9H,3,8H2,1-2H3. The molecule has 0 bridgehead atoms. The van der Waals surface area contributed by atoms with E-state index >= 15 is 0 Å². The number of carbonyl (C=O) groups excluding carboxylic acids is 2. The first-order valence-corrected chi connectivity index (χ1v) is 7.30. The molecule has 1 heterocycles. The molecule has 0 saturated carbocycles. The Hall–Kier alpha value is -2.21. The van der Waals surface area contributed by atoms with Crippen LogP contribution in [-0.2, 0) is 11.2 Å². The van der Waals surface area contributed by atoms with Crippen molar-refractivity contribution in [2.24, 2.45) is 0 Å². The normalized spacial score (nSPS) is 10.2. The molecule has 0 N–H and O–H groups in total. The van der Waals surface area contributed by atoms with Crippen molar-refractivity contribution < 1.29 is 19.1 Å². The van der Waals surface area contributed by atoms with Gasteiger partial charge < -0.3 is 9.47 Å². The Bertz CT molecular complexity index is 633. The molecule has 1 aromatic heterocycles. The van der Waals surface area contributed by atoms with Gasteiger partial charge in [-0.05, 0) is 24.1 Å². The third kappa shape index (κ3) is 3.88. The van der Waals surface area contributed by atoms with Gasteiger partial charge in [0.1, 0.15) is 5.75 Å². The van der Waals surface area contributed by atoms with E-state index in [1.165, 1.54) is 18.1 Å². The summed E-state index contributed by atoms with van der Waals surface area (Å²) in [6.07, 6.45) is 0.953. The van der Waals surface area contributed by atoms with E-state index in [0.717, 1.165) is 17.8 Å². The number of ketones is 1. The minimum atomic E-state index is -0.554. The summed E-state index contributed by atoms with van der Waals surface area (Å²) in [7, 11) is 1.27. The molecular weight excluding hydrogens is 290 g/mol. The summed E-state index contributed by atoms with van der Waals surface area (Å²) in [6, 6.07) is 7.57. The van der Waals surface area contributed by atoms with Gasteiger partial charge in [0.05, 0.1) is 7.11 Å². The number of Topliss-reactive ketones (excluding diaryl/α,β-unsaturated/α-hetero) is 1. The Balaban J connectivity index is 1.94. The summed E-state index contributed by atoms with van der Waals surface area (Å²) in [5.41, 5.74) is 1.34.